The van der Waals surface area contributed by atoms with Gasteiger partial charge in [0.25, 0.3) is 0 Å². The monoisotopic (exact) mass is 373 g/mol. The zero-order valence-corrected chi connectivity index (χ0v) is 16.5. The lowest BCUT2D eigenvalue weighted by Gasteiger charge is -2.22. The maximum absolute atomic E-state index is 13.4. The van der Waals surface area contributed by atoms with E-state index in [0.29, 0.717) is 24.6 Å². The van der Waals surface area contributed by atoms with E-state index in [4.69, 9.17) is 14.5 Å². The first kappa shape index (κ1) is 20.6. The first-order chi connectivity index (χ1) is 13.1. The first-order valence-electron chi connectivity index (χ1n) is 9.02. The normalized spacial score (nSPS) is 11.2. The van der Waals surface area contributed by atoms with E-state index in [-0.39, 0.29) is 5.82 Å². The molecule has 0 aliphatic rings. The molecule has 0 bridgehead atoms. The predicted molar refractivity (Wildman–Crippen MR) is 107 cm³/mol. The van der Waals surface area contributed by atoms with Crippen LogP contribution in [0.3, 0.4) is 0 Å². The molecule has 0 radical (unpaired) electrons. The van der Waals surface area contributed by atoms with Gasteiger partial charge in [0.1, 0.15) is 5.82 Å². The van der Waals surface area contributed by atoms with Crippen LogP contribution >= 0.6 is 0 Å². The van der Waals surface area contributed by atoms with Crippen molar-refractivity contribution in [1.82, 2.24) is 10.2 Å². The minimum Gasteiger partial charge on any atom is -0.493 e. The van der Waals surface area contributed by atoms with Crippen molar-refractivity contribution in [2.45, 2.75) is 19.9 Å². The fraction of sp³-hybridized carbons (Fsp3) is 0.381. The third-order valence-corrected chi connectivity index (χ3v) is 4.12. The highest BCUT2D eigenvalue weighted by atomic mass is 19.1. The smallest absolute Gasteiger partial charge is 0.193 e. The Bertz CT molecular complexity index is 765. The van der Waals surface area contributed by atoms with E-state index in [2.05, 4.69) is 5.32 Å². The Balaban J connectivity index is 2.02. The van der Waals surface area contributed by atoms with Crippen LogP contribution in [0.25, 0.3) is 0 Å². The highest BCUT2D eigenvalue weighted by molar-refractivity contribution is 5.79. The highest BCUT2D eigenvalue weighted by Crippen LogP contribution is 2.27. The fourth-order valence-electron chi connectivity index (χ4n) is 2.78. The highest BCUT2D eigenvalue weighted by Gasteiger charge is 2.08. The number of benzene rings is 2. The van der Waals surface area contributed by atoms with Gasteiger partial charge >= 0.3 is 0 Å². The van der Waals surface area contributed by atoms with E-state index >= 15 is 0 Å². The Morgan fingerprint density at radius 1 is 1.07 bits per heavy atom. The summed E-state index contributed by atoms with van der Waals surface area (Å²) in [6.45, 7) is 4.01. The molecule has 6 heteroatoms. The average Bonchev–Trinajstić information content (AvgIpc) is 2.67. The Hall–Kier alpha value is -2.76. The number of nitrogens with one attached hydrogen (secondary N) is 1. The minimum atomic E-state index is -0.226. The number of halogens is 1. The van der Waals surface area contributed by atoms with Gasteiger partial charge in [-0.05, 0) is 48.7 Å². The van der Waals surface area contributed by atoms with Crippen LogP contribution in [0.4, 0.5) is 4.39 Å². The molecule has 0 saturated heterocycles. The second kappa shape index (κ2) is 10.4. The molecule has 0 atom stereocenters. The van der Waals surface area contributed by atoms with Crippen molar-refractivity contribution in [2.24, 2.45) is 4.99 Å². The second-order valence-corrected chi connectivity index (χ2v) is 6.16. The summed E-state index contributed by atoms with van der Waals surface area (Å²) in [6.07, 6.45) is 0.781. The van der Waals surface area contributed by atoms with Crippen LogP contribution < -0.4 is 14.8 Å². The second-order valence-electron chi connectivity index (χ2n) is 6.16. The van der Waals surface area contributed by atoms with E-state index in [1.807, 2.05) is 43.1 Å². The molecule has 0 aliphatic carbocycles. The summed E-state index contributed by atoms with van der Waals surface area (Å²) in [7, 11) is 5.20. The predicted octanol–water partition coefficient (Wildman–Crippen LogP) is 3.48. The Morgan fingerprint density at radius 2 is 1.85 bits per heavy atom. The van der Waals surface area contributed by atoms with Crippen molar-refractivity contribution in [3.8, 4) is 11.5 Å². The summed E-state index contributed by atoms with van der Waals surface area (Å²) in [5.74, 6) is 2.00. The van der Waals surface area contributed by atoms with Crippen molar-refractivity contribution in [2.75, 3.05) is 34.4 Å². The van der Waals surface area contributed by atoms with Crippen molar-refractivity contribution >= 4 is 5.96 Å². The van der Waals surface area contributed by atoms with Crippen LogP contribution in [0.2, 0.25) is 0 Å². The molecule has 1 N–H and O–H groups in total. The van der Waals surface area contributed by atoms with Crippen LogP contribution in [0, 0.1) is 5.82 Å². The van der Waals surface area contributed by atoms with Gasteiger partial charge in [0, 0.05) is 26.7 Å². The van der Waals surface area contributed by atoms with Gasteiger partial charge in [0.2, 0.25) is 0 Å². The summed E-state index contributed by atoms with van der Waals surface area (Å²) in [5.41, 5.74) is 2.03. The van der Waals surface area contributed by atoms with Gasteiger partial charge in [-0.25, -0.2) is 4.39 Å². The topological polar surface area (TPSA) is 46.1 Å². The van der Waals surface area contributed by atoms with E-state index in [0.717, 1.165) is 30.1 Å². The van der Waals surface area contributed by atoms with Crippen molar-refractivity contribution in [3.05, 3.63) is 59.4 Å². The van der Waals surface area contributed by atoms with Crippen molar-refractivity contribution in [3.63, 3.8) is 0 Å². The summed E-state index contributed by atoms with van der Waals surface area (Å²) in [5, 5.41) is 3.28. The third kappa shape index (κ3) is 6.16. The molecule has 0 spiro atoms. The molecule has 5 nitrogen and oxygen atoms in total. The number of guanidine groups is 1. The molecular weight excluding hydrogens is 345 g/mol. The van der Waals surface area contributed by atoms with E-state index in [9.17, 15) is 4.39 Å². The number of methoxy groups -OCH3 is 2. The molecule has 0 unspecified atom stereocenters. The number of hydrogen-bond donors (Lipinski definition) is 1. The molecular formula is C21H28FN3O2. The van der Waals surface area contributed by atoms with Gasteiger partial charge in [0.15, 0.2) is 17.5 Å². The van der Waals surface area contributed by atoms with Crippen molar-refractivity contribution in [1.29, 1.82) is 0 Å². The first-order valence-corrected chi connectivity index (χ1v) is 9.02. The summed E-state index contributed by atoms with van der Waals surface area (Å²) in [4.78, 5) is 6.68. The molecule has 2 aromatic carbocycles. The minimum absolute atomic E-state index is 0.226. The lowest BCUT2D eigenvalue weighted by molar-refractivity contribution is 0.354. The molecule has 2 aromatic rings. The van der Waals surface area contributed by atoms with Gasteiger partial charge in [0.05, 0.1) is 14.2 Å². The summed E-state index contributed by atoms with van der Waals surface area (Å²) >= 11 is 0. The number of aliphatic imine (C=N–C) groups is 1. The lowest BCUT2D eigenvalue weighted by Crippen LogP contribution is -2.38. The van der Waals surface area contributed by atoms with Gasteiger partial charge in [-0.2, -0.15) is 0 Å². The molecule has 2 rings (SSSR count). The van der Waals surface area contributed by atoms with Gasteiger partial charge < -0.3 is 19.7 Å². The van der Waals surface area contributed by atoms with Crippen LogP contribution in [0.15, 0.2) is 47.5 Å². The van der Waals surface area contributed by atoms with Crippen LogP contribution in [-0.2, 0) is 13.0 Å². The number of rotatable bonds is 8. The van der Waals surface area contributed by atoms with Crippen LogP contribution in [-0.4, -0.2) is 45.2 Å². The van der Waals surface area contributed by atoms with Gasteiger partial charge in [-0.15, -0.1) is 0 Å². The summed E-state index contributed by atoms with van der Waals surface area (Å²) in [6, 6.07) is 12.5. The molecule has 146 valence electrons. The van der Waals surface area contributed by atoms with Gasteiger partial charge in [-0.3, -0.25) is 4.99 Å². The zero-order valence-electron chi connectivity index (χ0n) is 16.5. The van der Waals surface area contributed by atoms with Crippen LogP contribution in [0.5, 0.6) is 11.5 Å². The maximum atomic E-state index is 13.4. The van der Waals surface area contributed by atoms with Crippen molar-refractivity contribution < 1.29 is 13.9 Å². The molecule has 0 heterocycles. The zero-order chi connectivity index (χ0) is 19.6. The molecule has 0 amide bonds. The maximum Gasteiger partial charge on any atom is 0.193 e. The molecule has 0 fully saturated rings. The number of nitrogens with zero attached hydrogens (tertiary/aromatic N) is 2. The summed E-state index contributed by atoms with van der Waals surface area (Å²) < 4.78 is 24.0. The van der Waals surface area contributed by atoms with E-state index < -0.39 is 0 Å². The Labute approximate surface area is 160 Å². The standard InChI is InChI=1S/C21H28FN3O2/c1-5-23-21(25(2)15-17-7-6-8-18(22)13-17)24-12-11-16-9-10-19(26-3)20(14-16)27-4/h6-10,13-14H,5,11-12,15H2,1-4H3,(H,23,24). The molecule has 0 aliphatic heterocycles. The molecule has 27 heavy (non-hydrogen) atoms. The van der Waals surface area contributed by atoms with Crippen LogP contribution in [0.1, 0.15) is 18.1 Å². The number of hydrogen-bond acceptors (Lipinski definition) is 3. The lowest BCUT2D eigenvalue weighted by atomic mass is 10.1. The SMILES string of the molecule is CCNC(=NCCc1ccc(OC)c(OC)c1)N(C)Cc1cccc(F)c1. The Kier molecular flexibility index (Phi) is 7.92. The molecule has 0 aromatic heterocycles. The average molecular weight is 373 g/mol. The van der Waals surface area contributed by atoms with E-state index in [1.165, 1.54) is 6.07 Å². The third-order valence-electron chi connectivity index (χ3n) is 4.12. The fourth-order valence-corrected chi connectivity index (χ4v) is 2.78. The largest absolute Gasteiger partial charge is 0.493 e. The van der Waals surface area contributed by atoms with E-state index in [1.54, 1.807) is 26.4 Å². The number of ether oxygens (including phenoxy) is 2. The molecule has 0 saturated carbocycles. The quantitative estimate of drug-likeness (QED) is 0.568. The van der Waals surface area contributed by atoms with Gasteiger partial charge in [-0.1, -0.05) is 18.2 Å². The Morgan fingerprint density at radius 3 is 2.52 bits per heavy atom.